The topological polar surface area (TPSA) is 49.8 Å². The molecule has 4 heteroatoms. The summed E-state index contributed by atoms with van der Waals surface area (Å²) in [7, 11) is 0. The van der Waals surface area contributed by atoms with Crippen molar-refractivity contribution in [1.29, 1.82) is 0 Å². The normalized spacial score (nSPS) is 49.9. The van der Waals surface area contributed by atoms with E-state index >= 15 is 0 Å². The largest absolute Gasteiger partial charge is 0.464 e. The van der Waals surface area contributed by atoms with Crippen LogP contribution in [0.4, 0.5) is 0 Å². The van der Waals surface area contributed by atoms with E-state index in [1.165, 1.54) is 44.1 Å². The molecule has 40 heavy (non-hydrogen) atoms. The Labute approximate surface area is 245 Å². The van der Waals surface area contributed by atoms with Crippen molar-refractivity contribution in [2.24, 2.45) is 56.7 Å². The predicted molar refractivity (Wildman–Crippen MR) is 162 cm³/mol. The fraction of sp³-hybridized carbons (Fsp3) is 0.917. The maximum atomic E-state index is 14.1. The van der Waals surface area contributed by atoms with E-state index < -0.39 is 0 Å². The van der Waals surface area contributed by atoms with Crippen molar-refractivity contribution in [2.75, 3.05) is 26.2 Å². The van der Waals surface area contributed by atoms with Crippen molar-refractivity contribution in [2.45, 2.75) is 125 Å². The molecule has 5 saturated carbocycles. The second-order valence-electron chi connectivity index (χ2n) is 16.9. The average molecular weight is 554 g/mol. The van der Waals surface area contributed by atoms with Gasteiger partial charge >= 0.3 is 5.97 Å². The van der Waals surface area contributed by atoms with Gasteiger partial charge in [-0.15, -0.1) is 0 Å². The molecule has 6 aliphatic rings. The van der Waals surface area contributed by atoms with Crippen LogP contribution in [0.3, 0.4) is 0 Å². The zero-order valence-corrected chi connectivity index (χ0v) is 26.7. The second-order valence-corrected chi connectivity index (χ2v) is 16.9. The zero-order chi connectivity index (χ0) is 28.7. The summed E-state index contributed by atoms with van der Waals surface area (Å²) in [5.41, 5.74) is 1.74. The number of allylic oxidation sites excluding steroid dienone is 1. The summed E-state index contributed by atoms with van der Waals surface area (Å²) in [6.07, 6.45) is 13.7. The molecule has 1 N–H and O–H groups in total. The van der Waals surface area contributed by atoms with E-state index in [0.29, 0.717) is 36.2 Å². The Morgan fingerprint density at radius 1 is 0.875 bits per heavy atom. The van der Waals surface area contributed by atoms with Crippen LogP contribution in [-0.2, 0) is 9.53 Å². The first kappa shape index (κ1) is 29.2. The number of hydrogen-bond donors (Lipinski definition) is 1. The van der Waals surface area contributed by atoms with Crippen molar-refractivity contribution in [3.63, 3.8) is 0 Å². The molecule has 0 aromatic rings. The van der Waals surface area contributed by atoms with Gasteiger partial charge in [-0.2, -0.15) is 0 Å². The quantitative estimate of drug-likeness (QED) is 0.281. The van der Waals surface area contributed by atoms with Crippen molar-refractivity contribution in [1.82, 2.24) is 4.90 Å². The van der Waals surface area contributed by atoms with E-state index in [1.807, 2.05) is 0 Å². The molecule has 10 atom stereocenters. The van der Waals surface area contributed by atoms with Crippen molar-refractivity contribution < 1.29 is 14.6 Å². The Kier molecular flexibility index (Phi) is 7.18. The minimum absolute atomic E-state index is 0.0108. The Bertz CT molecular complexity index is 1020. The molecule has 0 spiro atoms. The standard InChI is InChI=1S/C36H59NO3/c1-24(2)25-12-17-36(31(39)40-23-22-37-20-8-9-21-37)19-18-34(6)26(30(25)36)10-11-28-33(5)15-14-29(38)32(3,4)27(33)13-16-35(28,34)7/h25-30,38H,1,8-23H2,2-7H3/t25-,26+,27-,28+,29-,30+,33-,34+,35+,36-/m0/s1. The molecule has 6 fully saturated rings. The number of ether oxygens (including phenoxy) is 1. The first-order chi connectivity index (χ1) is 18.8. The molecule has 1 heterocycles. The number of aliphatic hydroxyl groups excluding tert-OH is 1. The van der Waals surface area contributed by atoms with Gasteiger partial charge in [0.1, 0.15) is 6.61 Å². The Hall–Kier alpha value is -0.870. The summed E-state index contributed by atoms with van der Waals surface area (Å²) in [4.78, 5) is 16.6. The van der Waals surface area contributed by atoms with Crippen LogP contribution >= 0.6 is 0 Å². The van der Waals surface area contributed by atoms with Gasteiger partial charge in [0.05, 0.1) is 11.5 Å². The summed E-state index contributed by atoms with van der Waals surface area (Å²) in [6.45, 7) is 23.1. The molecule has 6 rings (SSSR count). The fourth-order valence-electron chi connectivity index (χ4n) is 12.9. The molecule has 0 bridgehead atoms. The van der Waals surface area contributed by atoms with Crippen LogP contribution in [0.25, 0.3) is 0 Å². The zero-order valence-electron chi connectivity index (χ0n) is 26.7. The van der Waals surface area contributed by atoms with Gasteiger partial charge in [0.25, 0.3) is 0 Å². The van der Waals surface area contributed by atoms with E-state index in [9.17, 15) is 9.90 Å². The summed E-state index contributed by atoms with van der Waals surface area (Å²) in [5, 5.41) is 11.0. The number of likely N-dealkylation sites (tertiary alicyclic amines) is 1. The summed E-state index contributed by atoms with van der Waals surface area (Å²) in [6, 6.07) is 0. The van der Waals surface area contributed by atoms with Crippen LogP contribution in [0, 0.1) is 56.7 Å². The first-order valence-corrected chi connectivity index (χ1v) is 17.0. The van der Waals surface area contributed by atoms with Crippen LogP contribution in [0.5, 0.6) is 0 Å². The molecule has 0 aromatic carbocycles. The summed E-state index contributed by atoms with van der Waals surface area (Å²) < 4.78 is 6.21. The minimum atomic E-state index is -0.319. The van der Waals surface area contributed by atoms with E-state index in [4.69, 9.17) is 4.74 Å². The van der Waals surface area contributed by atoms with Crippen LogP contribution in [-0.4, -0.2) is 48.3 Å². The summed E-state index contributed by atoms with van der Waals surface area (Å²) in [5.74, 6) is 2.76. The number of nitrogens with zero attached hydrogens (tertiary/aromatic N) is 1. The molecule has 0 aromatic heterocycles. The second kappa shape index (κ2) is 9.83. The van der Waals surface area contributed by atoms with Gasteiger partial charge in [0.15, 0.2) is 0 Å². The lowest BCUT2D eigenvalue weighted by Gasteiger charge is -2.72. The van der Waals surface area contributed by atoms with Crippen LogP contribution in [0.1, 0.15) is 119 Å². The van der Waals surface area contributed by atoms with Gasteiger partial charge in [0.2, 0.25) is 0 Å². The molecular weight excluding hydrogens is 494 g/mol. The van der Waals surface area contributed by atoms with Crippen molar-refractivity contribution >= 4 is 5.97 Å². The number of carbonyl (C=O) groups excluding carboxylic acids is 1. The smallest absolute Gasteiger partial charge is 0.312 e. The number of rotatable bonds is 5. The van der Waals surface area contributed by atoms with Gasteiger partial charge < -0.3 is 9.84 Å². The van der Waals surface area contributed by atoms with Gasteiger partial charge in [-0.1, -0.05) is 46.8 Å². The van der Waals surface area contributed by atoms with E-state index in [0.717, 1.165) is 58.2 Å². The van der Waals surface area contributed by atoms with E-state index in [-0.39, 0.29) is 39.1 Å². The van der Waals surface area contributed by atoms with E-state index in [1.54, 1.807) is 0 Å². The highest BCUT2D eigenvalue weighted by atomic mass is 16.5. The molecule has 5 aliphatic carbocycles. The lowest BCUT2D eigenvalue weighted by Crippen LogP contribution is -2.67. The lowest BCUT2D eigenvalue weighted by atomic mass is 9.32. The molecule has 226 valence electrons. The number of aliphatic hydroxyl groups is 1. The van der Waals surface area contributed by atoms with Gasteiger partial charge in [-0.25, -0.2) is 0 Å². The number of hydrogen-bond acceptors (Lipinski definition) is 4. The van der Waals surface area contributed by atoms with Gasteiger partial charge in [0, 0.05) is 6.54 Å². The van der Waals surface area contributed by atoms with Gasteiger partial charge in [-0.3, -0.25) is 9.69 Å². The third kappa shape index (κ3) is 3.92. The minimum Gasteiger partial charge on any atom is -0.464 e. The predicted octanol–water partition coefficient (Wildman–Crippen LogP) is 7.64. The third-order valence-electron chi connectivity index (χ3n) is 15.3. The average Bonchev–Trinajstić information content (AvgIpc) is 3.56. The molecule has 0 unspecified atom stereocenters. The molecule has 1 saturated heterocycles. The molecule has 1 aliphatic heterocycles. The fourth-order valence-corrected chi connectivity index (χ4v) is 12.9. The maximum Gasteiger partial charge on any atom is 0.312 e. The molecular formula is C36H59NO3. The van der Waals surface area contributed by atoms with Crippen LogP contribution in [0.15, 0.2) is 12.2 Å². The van der Waals surface area contributed by atoms with Crippen molar-refractivity contribution in [3.8, 4) is 0 Å². The van der Waals surface area contributed by atoms with E-state index in [2.05, 4.69) is 53.0 Å². The summed E-state index contributed by atoms with van der Waals surface area (Å²) >= 11 is 0. The van der Waals surface area contributed by atoms with Gasteiger partial charge in [-0.05, 0) is 148 Å². The molecule has 0 amide bonds. The Morgan fingerprint density at radius 3 is 2.30 bits per heavy atom. The Morgan fingerprint density at radius 2 is 1.60 bits per heavy atom. The molecule has 0 radical (unpaired) electrons. The number of esters is 1. The third-order valence-corrected chi connectivity index (χ3v) is 15.3. The highest BCUT2D eigenvalue weighted by Gasteiger charge is 2.72. The highest BCUT2D eigenvalue weighted by Crippen LogP contribution is 2.77. The number of carbonyl (C=O) groups is 1. The molecule has 4 nitrogen and oxygen atoms in total. The highest BCUT2D eigenvalue weighted by molar-refractivity contribution is 5.78. The first-order valence-electron chi connectivity index (χ1n) is 17.0. The van der Waals surface area contributed by atoms with Crippen LogP contribution < -0.4 is 0 Å². The monoisotopic (exact) mass is 553 g/mol. The van der Waals surface area contributed by atoms with Crippen molar-refractivity contribution in [3.05, 3.63) is 12.2 Å². The number of fused-ring (bicyclic) bond motifs is 7. The lowest BCUT2D eigenvalue weighted by molar-refractivity contribution is -0.248. The Balaban J connectivity index is 1.30. The maximum absolute atomic E-state index is 14.1. The SMILES string of the molecule is C=C(C)[C@@H]1CC[C@]2(C(=O)OCCN3CCCC3)CC[C@]3(C)[C@H](CC[C@@H]4[C@@]5(C)CC[C@H](O)C(C)(C)[C@@H]5CC[C@]43C)[C@@H]12. The van der Waals surface area contributed by atoms with Crippen LogP contribution in [0.2, 0.25) is 0 Å².